The summed E-state index contributed by atoms with van der Waals surface area (Å²) in [6.45, 7) is 2.59. The SMILES string of the molecule is COc1ccc2cc(CN3CCN(S(=O)(=O)c4cccc5nsnc45)CC3)c(Cl)nc2c1. The van der Waals surface area contributed by atoms with Crippen molar-refractivity contribution in [3.8, 4) is 5.75 Å². The molecule has 0 spiro atoms. The molecule has 0 amide bonds. The van der Waals surface area contributed by atoms with Gasteiger partial charge in [0.15, 0.2) is 0 Å². The Balaban J connectivity index is 1.31. The molecule has 3 heterocycles. The molecule has 1 aliphatic rings. The van der Waals surface area contributed by atoms with E-state index in [1.54, 1.807) is 25.3 Å². The average Bonchev–Trinajstić information content (AvgIpc) is 3.28. The van der Waals surface area contributed by atoms with Crippen molar-refractivity contribution in [2.75, 3.05) is 33.3 Å². The lowest BCUT2D eigenvalue weighted by Gasteiger charge is -2.34. The van der Waals surface area contributed by atoms with Crippen LogP contribution in [0.15, 0.2) is 47.4 Å². The number of nitrogens with zero attached hydrogens (tertiary/aromatic N) is 5. The standard InChI is InChI=1S/C21H20ClN5O3S2/c1-30-16-6-5-14-11-15(21(22)23-18(14)12-16)13-26-7-9-27(10-8-26)32(28,29)19-4-2-3-17-20(19)25-31-24-17/h2-6,11-12H,7-10,13H2,1H3. The molecule has 4 aromatic rings. The number of aromatic nitrogens is 3. The zero-order valence-electron chi connectivity index (χ0n) is 17.2. The third kappa shape index (κ3) is 3.93. The first-order chi connectivity index (χ1) is 15.5. The Labute approximate surface area is 194 Å². The molecule has 2 aromatic carbocycles. The second kappa shape index (κ2) is 8.53. The van der Waals surface area contributed by atoms with Gasteiger partial charge < -0.3 is 4.74 Å². The molecule has 32 heavy (non-hydrogen) atoms. The Hall–Kier alpha value is -2.37. The molecular weight excluding hydrogens is 470 g/mol. The van der Waals surface area contributed by atoms with Crippen LogP contribution in [0.25, 0.3) is 21.9 Å². The molecule has 0 saturated carbocycles. The highest BCUT2D eigenvalue weighted by molar-refractivity contribution is 7.89. The van der Waals surface area contributed by atoms with Crippen LogP contribution in [0, 0.1) is 0 Å². The molecule has 0 bridgehead atoms. The largest absolute Gasteiger partial charge is 0.497 e. The third-order valence-corrected chi connectivity index (χ3v) is 8.44. The smallest absolute Gasteiger partial charge is 0.245 e. The molecule has 1 aliphatic heterocycles. The van der Waals surface area contributed by atoms with E-state index in [1.165, 1.54) is 4.31 Å². The normalized spacial score (nSPS) is 16.1. The van der Waals surface area contributed by atoms with Gasteiger partial charge in [-0.05, 0) is 30.3 Å². The molecule has 0 radical (unpaired) electrons. The van der Waals surface area contributed by atoms with Gasteiger partial charge in [0.1, 0.15) is 26.8 Å². The van der Waals surface area contributed by atoms with E-state index in [9.17, 15) is 8.42 Å². The number of piperazine rings is 1. The molecule has 0 N–H and O–H groups in total. The molecule has 0 unspecified atom stereocenters. The van der Waals surface area contributed by atoms with Gasteiger partial charge in [-0.15, -0.1) is 0 Å². The first kappa shape index (κ1) is 21.5. The van der Waals surface area contributed by atoms with Gasteiger partial charge in [-0.25, -0.2) is 13.4 Å². The first-order valence-electron chi connectivity index (χ1n) is 10.0. The summed E-state index contributed by atoms with van der Waals surface area (Å²) in [6.07, 6.45) is 0. The molecule has 1 fully saturated rings. The van der Waals surface area contributed by atoms with Crippen LogP contribution in [0.2, 0.25) is 5.15 Å². The number of fused-ring (bicyclic) bond motifs is 2. The summed E-state index contributed by atoms with van der Waals surface area (Å²) >= 11 is 7.47. The van der Waals surface area contributed by atoms with Gasteiger partial charge in [0, 0.05) is 49.7 Å². The highest BCUT2D eigenvalue weighted by Gasteiger charge is 2.30. The van der Waals surface area contributed by atoms with E-state index in [0.717, 1.165) is 33.9 Å². The van der Waals surface area contributed by atoms with Crippen LogP contribution in [0.1, 0.15) is 5.56 Å². The molecule has 8 nitrogen and oxygen atoms in total. The predicted molar refractivity (Wildman–Crippen MR) is 125 cm³/mol. The summed E-state index contributed by atoms with van der Waals surface area (Å²) in [5.41, 5.74) is 2.73. The van der Waals surface area contributed by atoms with E-state index < -0.39 is 10.0 Å². The first-order valence-corrected chi connectivity index (χ1v) is 12.6. The van der Waals surface area contributed by atoms with Crippen molar-refractivity contribution in [3.63, 3.8) is 0 Å². The van der Waals surface area contributed by atoms with Gasteiger partial charge in [0.05, 0.1) is 24.4 Å². The number of benzene rings is 2. The maximum absolute atomic E-state index is 13.2. The Morgan fingerprint density at radius 2 is 1.88 bits per heavy atom. The lowest BCUT2D eigenvalue weighted by molar-refractivity contribution is 0.181. The van der Waals surface area contributed by atoms with Gasteiger partial charge in [0.25, 0.3) is 0 Å². The fourth-order valence-corrected chi connectivity index (χ4v) is 6.28. The van der Waals surface area contributed by atoms with Crippen molar-refractivity contribution >= 4 is 55.3 Å². The number of halogens is 1. The van der Waals surface area contributed by atoms with Gasteiger partial charge in [-0.1, -0.05) is 17.7 Å². The zero-order valence-corrected chi connectivity index (χ0v) is 19.6. The Bertz CT molecular complexity index is 1400. The lowest BCUT2D eigenvalue weighted by atomic mass is 10.1. The van der Waals surface area contributed by atoms with Gasteiger partial charge in [-0.3, -0.25) is 4.90 Å². The number of sulfonamides is 1. The minimum absolute atomic E-state index is 0.217. The van der Waals surface area contributed by atoms with Crippen molar-refractivity contribution in [2.45, 2.75) is 11.4 Å². The highest BCUT2D eigenvalue weighted by Crippen LogP contribution is 2.27. The van der Waals surface area contributed by atoms with Crippen molar-refractivity contribution < 1.29 is 13.2 Å². The van der Waals surface area contributed by atoms with E-state index >= 15 is 0 Å². The summed E-state index contributed by atoms with van der Waals surface area (Å²) in [4.78, 5) is 6.91. The molecular formula is C21H20ClN5O3S2. The van der Waals surface area contributed by atoms with Gasteiger partial charge in [-0.2, -0.15) is 13.1 Å². The van der Waals surface area contributed by atoms with E-state index in [4.69, 9.17) is 16.3 Å². The molecule has 2 aromatic heterocycles. The van der Waals surface area contributed by atoms with Crippen LogP contribution in [0.3, 0.4) is 0 Å². The maximum atomic E-state index is 13.2. The monoisotopic (exact) mass is 489 g/mol. The lowest BCUT2D eigenvalue weighted by Crippen LogP contribution is -2.48. The van der Waals surface area contributed by atoms with Crippen LogP contribution in [-0.4, -0.2) is 64.6 Å². The molecule has 11 heteroatoms. The summed E-state index contributed by atoms with van der Waals surface area (Å²) in [7, 11) is -2.02. The topological polar surface area (TPSA) is 88.5 Å². The molecule has 0 atom stereocenters. The van der Waals surface area contributed by atoms with Crippen LogP contribution >= 0.6 is 23.3 Å². The predicted octanol–water partition coefficient (Wildman–Crippen LogP) is 3.41. The molecule has 0 aliphatic carbocycles. The molecule has 1 saturated heterocycles. The minimum atomic E-state index is -3.64. The Morgan fingerprint density at radius 3 is 2.66 bits per heavy atom. The van der Waals surface area contributed by atoms with Gasteiger partial charge in [0.2, 0.25) is 10.0 Å². The van der Waals surface area contributed by atoms with E-state index in [1.807, 2.05) is 24.3 Å². The van der Waals surface area contributed by atoms with Crippen molar-refractivity contribution in [2.24, 2.45) is 0 Å². The highest BCUT2D eigenvalue weighted by atomic mass is 35.5. The second-order valence-corrected chi connectivity index (χ2v) is 10.4. The van der Waals surface area contributed by atoms with Crippen LogP contribution in [-0.2, 0) is 16.6 Å². The molecule has 5 rings (SSSR count). The van der Waals surface area contributed by atoms with Crippen LogP contribution in [0.5, 0.6) is 5.75 Å². The van der Waals surface area contributed by atoms with Crippen molar-refractivity contribution in [1.29, 1.82) is 0 Å². The number of hydrogen-bond donors (Lipinski definition) is 0. The van der Waals surface area contributed by atoms with Crippen LogP contribution in [0.4, 0.5) is 0 Å². The van der Waals surface area contributed by atoms with E-state index in [0.29, 0.717) is 48.9 Å². The van der Waals surface area contributed by atoms with E-state index in [-0.39, 0.29) is 4.90 Å². The fourth-order valence-electron chi connectivity index (χ4n) is 3.90. The number of rotatable bonds is 5. The van der Waals surface area contributed by atoms with Gasteiger partial charge >= 0.3 is 0 Å². The maximum Gasteiger partial charge on any atom is 0.245 e. The van der Waals surface area contributed by atoms with Crippen LogP contribution < -0.4 is 4.74 Å². The van der Waals surface area contributed by atoms with E-state index in [2.05, 4.69) is 18.6 Å². The minimum Gasteiger partial charge on any atom is -0.497 e. The quantitative estimate of drug-likeness (QED) is 0.397. The summed E-state index contributed by atoms with van der Waals surface area (Å²) in [5, 5.41) is 1.43. The average molecular weight is 490 g/mol. The third-order valence-electron chi connectivity index (χ3n) is 5.64. The Morgan fingerprint density at radius 1 is 1.06 bits per heavy atom. The van der Waals surface area contributed by atoms with Crippen molar-refractivity contribution in [3.05, 3.63) is 53.2 Å². The zero-order chi connectivity index (χ0) is 22.3. The Kier molecular flexibility index (Phi) is 5.72. The number of methoxy groups -OCH3 is 1. The molecule has 166 valence electrons. The summed E-state index contributed by atoms with van der Waals surface area (Å²) < 4.78 is 41.5. The summed E-state index contributed by atoms with van der Waals surface area (Å²) in [6, 6.07) is 12.8. The second-order valence-electron chi connectivity index (χ2n) is 7.57. The summed E-state index contributed by atoms with van der Waals surface area (Å²) in [5.74, 6) is 0.732. The number of pyridine rings is 1. The fraction of sp³-hybridized carbons (Fsp3) is 0.286. The van der Waals surface area contributed by atoms with Crippen molar-refractivity contribution in [1.82, 2.24) is 22.9 Å². The number of hydrogen-bond acceptors (Lipinski definition) is 8. The number of ether oxygens (including phenoxy) is 1.